The van der Waals surface area contributed by atoms with E-state index in [1.807, 2.05) is 0 Å². The van der Waals surface area contributed by atoms with E-state index in [0.29, 0.717) is 12.2 Å². The fourth-order valence-electron chi connectivity index (χ4n) is 4.38. The minimum atomic E-state index is 0.402. The maximum atomic E-state index is 5.83. The zero-order valence-corrected chi connectivity index (χ0v) is 14.5. The Morgan fingerprint density at radius 2 is 1.64 bits per heavy atom. The van der Waals surface area contributed by atoms with Crippen LogP contribution in [-0.2, 0) is 9.47 Å². The van der Waals surface area contributed by atoms with Gasteiger partial charge in [0.2, 0.25) is 0 Å². The van der Waals surface area contributed by atoms with E-state index in [1.165, 1.54) is 51.9 Å². The van der Waals surface area contributed by atoms with Crippen LogP contribution in [-0.4, -0.2) is 74.5 Å². The monoisotopic (exact) mass is 310 g/mol. The summed E-state index contributed by atoms with van der Waals surface area (Å²) in [6.07, 6.45) is 6.23. The Hall–Kier alpha value is -0.160. The van der Waals surface area contributed by atoms with Crippen LogP contribution in [0.15, 0.2) is 0 Å². The van der Waals surface area contributed by atoms with Crippen LogP contribution >= 0.6 is 0 Å². The Morgan fingerprint density at radius 1 is 0.909 bits per heavy atom. The highest BCUT2D eigenvalue weighted by Gasteiger charge is 2.26. The van der Waals surface area contributed by atoms with E-state index < -0.39 is 0 Å². The summed E-state index contributed by atoms with van der Waals surface area (Å²) < 4.78 is 11.3. The van der Waals surface area contributed by atoms with Crippen molar-refractivity contribution in [3.05, 3.63) is 0 Å². The number of rotatable bonds is 5. The molecule has 0 aliphatic carbocycles. The largest absolute Gasteiger partial charge is 0.381 e. The summed E-state index contributed by atoms with van der Waals surface area (Å²) in [5, 5.41) is 0. The van der Waals surface area contributed by atoms with Crippen molar-refractivity contribution in [1.29, 1.82) is 0 Å². The molecule has 0 saturated carbocycles. The van der Waals surface area contributed by atoms with Gasteiger partial charge in [-0.25, -0.2) is 0 Å². The van der Waals surface area contributed by atoms with E-state index in [9.17, 15) is 0 Å². The second-order valence-electron chi connectivity index (χ2n) is 7.78. The molecule has 4 nitrogen and oxygen atoms in total. The van der Waals surface area contributed by atoms with Crippen LogP contribution in [0.2, 0.25) is 0 Å². The van der Waals surface area contributed by atoms with Gasteiger partial charge in [-0.15, -0.1) is 0 Å². The highest BCUT2D eigenvalue weighted by Crippen LogP contribution is 2.24. The molecule has 0 unspecified atom stereocenters. The van der Waals surface area contributed by atoms with Crippen molar-refractivity contribution in [3.8, 4) is 0 Å². The molecule has 3 saturated heterocycles. The third-order valence-corrected chi connectivity index (χ3v) is 5.60. The van der Waals surface area contributed by atoms with Crippen LogP contribution in [0.4, 0.5) is 0 Å². The number of hydrogen-bond acceptors (Lipinski definition) is 4. The molecular weight excluding hydrogens is 276 g/mol. The first-order valence-corrected chi connectivity index (χ1v) is 9.37. The maximum Gasteiger partial charge on any atom is 0.0678 e. The Kier molecular flexibility index (Phi) is 6.14. The van der Waals surface area contributed by atoms with Crippen LogP contribution in [0.5, 0.6) is 0 Å². The van der Waals surface area contributed by atoms with Gasteiger partial charge in [0.05, 0.1) is 18.8 Å². The molecule has 0 N–H and O–H groups in total. The van der Waals surface area contributed by atoms with Crippen molar-refractivity contribution < 1.29 is 9.47 Å². The number of hydrogen-bond donors (Lipinski definition) is 0. The average Bonchev–Trinajstić information content (AvgIpc) is 2.98. The molecule has 0 bridgehead atoms. The lowest BCUT2D eigenvalue weighted by molar-refractivity contribution is -0.0693. The predicted molar refractivity (Wildman–Crippen MR) is 89.2 cm³/mol. The predicted octanol–water partition coefficient (Wildman–Crippen LogP) is 2.23. The van der Waals surface area contributed by atoms with E-state index in [0.717, 1.165) is 38.1 Å². The topological polar surface area (TPSA) is 24.9 Å². The molecule has 0 aromatic carbocycles. The second-order valence-corrected chi connectivity index (χ2v) is 7.78. The zero-order chi connectivity index (χ0) is 15.4. The Labute approximate surface area is 136 Å². The highest BCUT2D eigenvalue weighted by atomic mass is 16.5. The molecule has 3 atom stereocenters. The lowest BCUT2D eigenvalue weighted by Crippen LogP contribution is -2.46. The molecule has 0 aromatic heterocycles. The Morgan fingerprint density at radius 3 is 2.27 bits per heavy atom. The van der Waals surface area contributed by atoms with Gasteiger partial charge in [0.15, 0.2) is 0 Å². The van der Waals surface area contributed by atoms with Crippen molar-refractivity contribution in [3.63, 3.8) is 0 Å². The number of morpholine rings is 1. The number of nitrogens with zero attached hydrogens (tertiary/aromatic N) is 2. The molecule has 0 amide bonds. The van der Waals surface area contributed by atoms with E-state index in [2.05, 4.69) is 23.6 Å². The van der Waals surface area contributed by atoms with E-state index in [4.69, 9.17) is 9.47 Å². The molecule has 0 radical (unpaired) electrons. The van der Waals surface area contributed by atoms with Crippen molar-refractivity contribution in [2.75, 3.05) is 52.5 Å². The number of ether oxygens (including phenoxy) is 2. The molecule has 0 aromatic rings. The summed E-state index contributed by atoms with van der Waals surface area (Å²) >= 11 is 0. The fourth-order valence-corrected chi connectivity index (χ4v) is 4.38. The summed E-state index contributed by atoms with van der Waals surface area (Å²) in [5.74, 6) is 1.73. The molecular formula is C18H34N2O2. The zero-order valence-electron chi connectivity index (χ0n) is 14.5. The average molecular weight is 310 g/mol. The number of likely N-dealkylation sites (tertiary alicyclic amines) is 1. The summed E-state index contributed by atoms with van der Waals surface area (Å²) in [7, 11) is 0. The molecule has 4 heteroatoms. The molecule has 22 heavy (non-hydrogen) atoms. The minimum Gasteiger partial charge on any atom is -0.381 e. The molecule has 3 aliphatic rings. The normalized spacial score (nSPS) is 36.0. The van der Waals surface area contributed by atoms with Gasteiger partial charge in [0.1, 0.15) is 0 Å². The summed E-state index contributed by atoms with van der Waals surface area (Å²) in [4.78, 5) is 5.29. The summed E-state index contributed by atoms with van der Waals surface area (Å²) in [5.41, 5.74) is 0. The van der Waals surface area contributed by atoms with Crippen LogP contribution in [0.25, 0.3) is 0 Å². The van der Waals surface area contributed by atoms with E-state index in [-0.39, 0.29) is 0 Å². The minimum absolute atomic E-state index is 0.402. The fraction of sp³-hybridized carbons (Fsp3) is 1.00. The Balaban J connectivity index is 1.31. The van der Waals surface area contributed by atoms with Crippen LogP contribution in [0.3, 0.4) is 0 Å². The quantitative estimate of drug-likeness (QED) is 0.777. The van der Waals surface area contributed by atoms with Gasteiger partial charge in [-0.3, -0.25) is 4.90 Å². The van der Waals surface area contributed by atoms with E-state index >= 15 is 0 Å². The standard InChI is InChI=1S/C18H34N2O2/c1-15-11-20(12-16(2)22-15)9-5-17-3-7-19(8-4-17)13-18-6-10-21-14-18/h15-18H,3-14H2,1-2H3/t15-,16-,18+/m1/s1. The lowest BCUT2D eigenvalue weighted by Gasteiger charge is -2.37. The molecule has 3 rings (SSSR count). The SMILES string of the molecule is C[C@@H]1CN(CCC2CCN(C[C@@H]3CCOC3)CC2)C[C@@H](C)O1. The lowest BCUT2D eigenvalue weighted by atomic mass is 9.92. The van der Waals surface area contributed by atoms with Gasteiger partial charge >= 0.3 is 0 Å². The highest BCUT2D eigenvalue weighted by molar-refractivity contribution is 4.78. The first kappa shape index (κ1) is 16.7. The molecule has 128 valence electrons. The van der Waals surface area contributed by atoms with Gasteiger partial charge in [-0.1, -0.05) is 0 Å². The molecule has 3 fully saturated rings. The van der Waals surface area contributed by atoms with Gasteiger partial charge in [-0.2, -0.15) is 0 Å². The van der Waals surface area contributed by atoms with Crippen LogP contribution in [0, 0.1) is 11.8 Å². The van der Waals surface area contributed by atoms with Gasteiger partial charge in [-0.05, 0) is 71.0 Å². The molecule has 3 heterocycles. The maximum absolute atomic E-state index is 5.83. The van der Waals surface area contributed by atoms with Crippen molar-refractivity contribution >= 4 is 0 Å². The second kappa shape index (κ2) is 8.09. The van der Waals surface area contributed by atoms with Crippen LogP contribution in [0.1, 0.15) is 39.5 Å². The number of piperidine rings is 1. The first-order valence-electron chi connectivity index (χ1n) is 9.37. The van der Waals surface area contributed by atoms with Gasteiger partial charge in [0.25, 0.3) is 0 Å². The first-order chi connectivity index (χ1) is 10.7. The van der Waals surface area contributed by atoms with E-state index in [1.54, 1.807) is 0 Å². The van der Waals surface area contributed by atoms with Crippen molar-refractivity contribution in [2.45, 2.75) is 51.7 Å². The third-order valence-electron chi connectivity index (χ3n) is 5.60. The molecule has 0 spiro atoms. The molecule has 3 aliphatic heterocycles. The van der Waals surface area contributed by atoms with Crippen LogP contribution < -0.4 is 0 Å². The third kappa shape index (κ3) is 4.92. The summed E-state index contributed by atoms with van der Waals surface area (Å²) in [6.45, 7) is 13.8. The van der Waals surface area contributed by atoms with Crippen molar-refractivity contribution in [1.82, 2.24) is 9.80 Å². The van der Waals surface area contributed by atoms with Gasteiger partial charge in [0, 0.05) is 26.2 Å². The Bertz CT molecular complexity index is 315. The van der Waals surface area contributed by atoms with Gasteiger partial charge < -0.3 is 14.4 Å². The smallest absolute Gasteiger partial charge is 0.0678 e. The summed E-state index contributed by atoms with van der Waals surface area (Å²) in [6, 6.07) is 0. The van der Waals surface area contributed by atoms with Crippen molar-refractivity contribution in [2.24, 2.45) is 11.8 Å².